The van der Waals surface area contributed by atoms with Crippen molar-refractivity contribution >= 4 is 11.7 Å². The number of likely N-dealkylation sites (N-methyl/N-ethyl adjacent to an activating group) is 1. The maximum Gasteiger partial charge on any atom is 0.335 e. The molecule has 0 saturated carbocycles. The van der Waals surface area contributed by atoms with Gasteiger partial charge in [-0.05, 0) is 39.1 Å². The second kappa shape index (κ2) is 10.1. The maximum atomic E-state index is 11.2. The van der Waals surface area contributed by atoms with Crippen LogP contribution in [0.25, 0.3) is 0 Å². The van der Waals surface area contributed by atoms with Crippen molar-refractivity contribution in [2.75, 3.05) is 40.5 Å². The van der Waals surface area contributed by atoms with E-state index in [1.165, 1.54) is 18.3 Å². The van der Waals surface area contributed by atoms with Crippen LogP contribution in [0.3, 0.4) is 0 Å². The molecule has 2 rings (SSSR count). The fraction of sp³-hybridized carbons (Fsp3) is 0.588. The van der Waals surface area contributed by atoms with E-state index in [1.807, 2.05) is 19.0 Å². The molecular weight excluding hydrogens is 326 g/mol. The summed E-state index contributed by atoms with van der Waals surface area (Å²) in [6.45, 7) is 2.12. The lowest BCUT2D eigenvalue weighted by atomic mass is 10.2. The minimum atomic E-state index is -1.02. The number of pyridine rings is 1. The summed E-state index contributed by atoms with van der Waals surface area (Å²) >= 11 is 0. The molecule has 0 aliphatic carbocycles. The molecule has 1 unspecified atom stereocenters. The van der Waals surface area contributed by atoms with E-state index in [1.54, 1.807) is 0 Å². The van der Waals surface area contributed by atoms with Crippen LogP contribution in [0.4, 0.5) is 0 Å². The van der Waals surface area contributed by atoms with Gasteiger partial charge in [-0.2, -0.15) is 0 Å². The van der Waals surface area contributed by atoms with Gasteiger partial charge < -0.3 is 24.3 Å². The molecule has 1 aliphatic rings. The second-order valence-electron chi connectivity index (χ2n) is 6.03. The van der Waals surface area contributed by atoms with Gasteiger partial charge in [0.15, 0.2) is 0 Å². The molecule has 0 spiro atoms. The van der Waals surface area contributed by atoms with Gasteiger partial charge >= 0.3 is 5.97 Å². The third kappa shape index (κ3) is 6.77. The van der Waals surface area contributed by atoms with Crippen molar-refractivity contribution in [3.63, 3.8) is 0 Å². The predicted octanol–water partition coefficient (Wildman–Crippen LogP) is 1.61. The number of hydrogen-bond donors (Lipinski definition) is 1. The van der Waals surface area contributed by atoms with E-state index in [0.29, 0.717) is 24.6 Å². The van der Waals surface area contributed by atoms with Crippen LogP contribution in [0.5, 0.6) is 0 Å². The van der Waals surface area contributed by atoms with Crippen molar-refractivity contribution in [1.82, 2.24) is 9.88 Å². The Morgan fingerprint density at radius 2 is 2.32 bits per heavy atom. The number of nitrogens with zero attached hydrogens (tertiary/aromatic N) is 3. The molecule has 138 valence electrons. The first-order chi connectivity index (χ1) is 12.1. The van der Waals surface area contributed by atoms with Crippen LogP contribution in [0.2, 0.25) is 0 Å². The van der Waals surface area contributed by atoms with Crippen LogP contribution in [0.1, 0.15) is 35.3 Å². The number of rotatable bonds is 9. The number of carbonyl (C=O) groups is 1. The first-order valence-corrected chi connectivity index (χ1v) is 8.32. The molecule has 8 nitrogen and oxygen atoms in total. The highest BCUT2D eigenvalue weighted by Gasteiger charge is 2.16. The lowest BCUT2D eigenvalue weighted by Crippen LogP contribution is -2.23. The zero-order valence-corrected chi connectivity index (χ0v) is 14.7. The topological polar surface area (TPSA) is 93.5 Å². The molecule has 1 N–H and O–H groups in total. The molecule has 1 saturated heterocycles. The average molecular weight is 351 g/mol. The highest BCUT2D eigenvalue weighted by Crippen LogP contribution is 2.14. The fourth-order valence-corrected chi connectivity index (χ4v) is 2.20. The highest BCUT2D eigenvalue weighted by atomic mass is 16.8. The third-order valence-corrected chi connectivity index (χ3v) is 3.64. The second-order valence-corrected chi connectivity index (χ2v) is 6.03. The molecule has 0 aromatic carbocycles. The van der Waals surface area contributed by atoms with Crippen molar-refractivity contribution in [2.24, 2.45) is 5.16 Å². The number of aromatic nitrogens is 1. The van der Waals surface area contributed by atoms with Gasteiger partial charge in [0.05, 0.1) is 31.1 Å². The van der Waals surface area contributed by atoms with Crippen molar-refractivity contribution in [3.8, 4) is 0 Å². The molecule has 0 radical (unpaired) electrons. The summed E-state index contributed by atoms with van der Waals surface area (Å²) < 4.78 is 11.1. The van der Waals surface area contributed by atoms with Crippen LogP contribution >= 0.6 is 0 Å². The molecule has 0 bridgehead atoms. The van der Waals surface area contributed by atoms with Gasteiger partial charge in [0.25, 0.3) is 0 Å². The number of ether oxygens (including phenoxy) is 2. The van der Waals surface area contributed by atoms with E-state index in [0.717, 1.165) is 25.8 Å². The molecule has 0 amide bonds. The van der Waals surface area contributed by atoms with Gasteiger partial charge in [-0.1, -0.05) is 5.16 Å². The SMILES string of the molecule is CN(C)CCOC/C(=N\OC1CCCCO1)c1cc(C(=O)O)ccn1. The van der Waals surface area contributed by atoms with Gasteiger partial charge in [-0.3, -0.25) is 4.98 Å². The zero-order valence-electron chi connectivity index (χ0n) is 14.7. The van der Waals surface area contributed by atoms with Gasteiger partial charge in [0.1, 0.15) is 5.71 Å². The number of oxime groups is 1. The first kappa shape index (κ1) is 19.3. The first-order valence-electron chi connectivity index (χ1n) is 8.32. The third-order valence-electron chi connectivity index (χ3n) is 3.64. The lowest BCUT2D eigenvalue weighted by molar-refractivity contribution is -0.162. The van der Waals surface area contributed by atoms with Crippen molar-refractivity contribution in [1.29, 1.82) is 0 Å². The molecule has 1 aromatic rings. The van der Waals surface area contributed by atoms with E-state index in [2.05, 4.69) is 10.1 Å². The van der Waals surface area contributed by atoms with Gasteiger partial charge in [0.2, 0.25) is 6.29 Å². The summed E-state index contributed by atoms with van der Waals surface area (Å²) in [5.41, 5.74) is 0.997. The quantitative estimate of drug-likeness (QED) is 0.410. The smallest absolute Gasteiger partial charge is 0.335 e. The molecule has 1 aromatic heterocycles. The molecule has 1 aliphatic heterocycles. The van der Waals surface area contributed by atoms with Crippen molar-refractivity contribution < 1.29 is 24.2 Å². The Balaban J connectivity index is 2.07. The van der Waals surface area contributed by atoms with E-state index in [9.17, 15) is 4.79 Å². The number of hydrogen-bond acceptors (Lipinski definition) is 7. The standard InChI is InChI=1S/C17H25N3O5/c1-20(2)8-10-23-12-15(19-25-16-5-3-4-9-24-16)14-11-13(17(21)22)6-7-18-14/h6-7,11,16H,3-5,8-10,12H2,1-2H3,(H,21,22)/b19-15+. The van der Waals surface area contributed by atoms with E-state index in [4.69, 9.17) is 19.4 Å². The average Bonchev–Trinajstić information content (AvgIpc) is 2.62. The summed E-state index contributed by atoms with van der Waals surface area (Å²) in [7, 11) is 3.92. The Kier molecular flexibility index (Phi) is 7.77. The summed E-state index contributed by atoms with van der Waals surface area (Å²) in [6.07, 6.45) is 3.88. The minimum absolute atomic E-state index is 0.139. The number of carboxylic acid groups (broad SMARTS) is 1. The minimum Gasteiger partial charge on any atom is -0.478 e. The molecule has 1 atom stereocenters. The predicted molar refractivity (Wildman–Crippen MR) is 91.8 cm³/mol. The Morgan fingerprint density at radius 1 is 1.48 bits per heavy atom. The van der Waals surface area contributed by atoms with E-state index >= 15 is 0 Å². The summed E-state index contributed by atoms with van der Waals surface area (Å²) in [5.74, 6) is -1.02. The van der Waals surface area contributed by atoms with Gasteiger partial charge in [0, 0.05) is 19.2 Å². The van der Waals surface area contributed by atoms with Crippen LogP contribution in [0, 0.1) is 0 Å². The zero-order chi connectivity index (χ0) is 18.1. The summed E-state index contributed by atoms with van der Waals surface area (Å²) in [6, 6.07) is 2.89. The summed E-state index contributed by atoms with van der Waals surface area (Å²) in [4.78, 5) is 22.8. The highest BCUT2D eigenvalue weighted by molar-refractivity contribution is 6.01. The van der Waals surface area contributed by atoms with E-state index in [-0.39, 0.29) is 18.5 Å². The molecule has 2 heterocycles. The Hall–Kier alpha value is -2.03. The van der Waals surface area contributed by atoms with Crippen LogP contribution < -0.4 is 0 Å². The van der Waals surface area contributed by atoms with Crippen LogP contribution in [-0.2, 0) is 14.3 Å². The molecular formula is C17H25N3O5. The Bertz CT molecular complexity index is 585. The van der Waals surface area contributed by atoms with E-state index < -0.39 is 5.97 Å². The molecule has 8 heteroatoms. The number of carboxylic acids is 1. The molecule has 25 heavy (non-hydrogen) atoms. The van der Waals surface area contributed by atoms with Crippen molar-refractivity contribution in [2.45, 2.75) is 25.6 Å². The summed E-state index contributed by atoms with van der Waals surface area (Å²) in [5, 5.41) is 13.3. The fourth-order valence-electron chi connectivity index (χ4n) is 2.20. The van der Waals surface area contributed by atoms with Gasteiger partial charge in [-0.25, -0.2) is 4.79 Å². The lowest BCUT2D eigenvalue weighted by Gasteiger charge is -2.20. The molecule has 1 fully saturated rings. The van der Waals surface area contributed by atoms with Crippen LogP contribution in [-0.4, -0.2) is 73.4 Å². The Labute approximate surface area is 147 Å². The number of aromatic carboxylic acids is 1. The largest absolute Gasteiger partial charge is 0.478 e. The van der Waals surface area contributed by atoms with Crippen LogP contribution in [0.15, 0.2) is 23.5 Å². The Morgan fingerprint density at radius 3 is 3.00 bits per heavy atom. The normalized spacial score (nSPS) is 18.4. The van der Waals surface area contributed by atoms with Crippen molar-refractivity contribution in [3.05, 3.63) is 29.6 Å². The maximum absolute atomic E-state index is 11.2. The monoisotopic (exact) mass is 351 g/mol. The van der Waals surface area contributed by atoms with Gasteiger partial charge in [-0.15, -0.1) is 0 Å².